The first-order chi connectivity index (χ1) is 43.4. The summed E-state index contributed by atoms with van der Waals surface area (Å²) in [6, 6.07) is 41.1. The summed E-state index contributed by atoms with van der Waals surface area (Å²) in [5.74, 6) is 1.47. The molecule has 16 bridgehead atoms. The minimum absolute atomic E-state index is 0.496. The van der Waals surface area contributed by atoms with Crippen LogP contribution in [0.15, 0.2) is 121 Å². The second-order valence-corrected chi connectivity index (χ2v) is 26.1. The third-order valence-corrected chi connectivity index (χ3v) is 20.4. The van der Waals surface area contributed by atoms with E-state index in [0.29, 0.717) is 54.0 Å². The molecule has 0 radical (unpaired) electrons. The molecule has 11 heterocycles. The van der Waals surface area contributed by atoms with Crippen molar-refractivity contribution < 1.29 is 4.74 Å². The van der Waals surface area contributed by atoms with Crippen molar-refractivity contribution >= 4 is 137 Å². The molecule has 9 nitrogen and oxygen atoms in total. The number of benzene rings is 4. The number of hydrogen-bond acceptors (Lipinski definition) is 5. The number of nitrogens with one attached hydrogen (secondary N) is 4. The summed E-state index contributed by atoms with van der Waals surface area (Å²) in [5, 5.41) is 1.98. The van der Waals surface area contributed by atoms with Gasteiger partial charge in [-0.05, 0) is 208 Å². The number of H-pyrrole nitrogens is 4. The topological polar surface area (TPSA) is 124 Å². The molecule has 0 fully saturated rings. The highest BCUT2D eigenvalue weighted by atomic mass is 35.5. The van der Waals surface area contributed by atoms with Crippen LogP contribution in [0.4, 0.5) is 0 Å². The van der Waals surface area contributed by atoms with Crippen LogP contribution in [0.3, 0.4) is 0 Å². The van der Waals surface area contributed by atoms with Crippen LogP contribution < -0.4 is 4.74 Å². The van der Waals surface area contributed by atoms with Gasteiger partial charge in [0.05, 0.1) is 71.2 Å². The first-order valence-electron chi connectivity index (χ1n) is 30.5. The van der Waals surface area contributed by atoms with Crippen molar-refractivity contribution in [1.82, 2.24) is 39.9 Å². The molecule has 5 aliphatic heterocycles. The van der Waals surface area contributed by atoms with E-state index in [2.05, 4.69) is 162 Å². The number of para-hydroxylation sites is 1. The van der Waals surface area contributed by atoms with Crippen LogP contribution in [-0.2, 0) is 11.8 Å². The molecule has 5 aliphatic rings. The third kappa shape index (κ3) is 9.10. The van der Waals surface area contributed by atoms with Crippen molar-refractivity contribution in [3.8, 4) is 56.0 Å². The smallest absolute Gasteiger partial charge is 0.139 e. The lowest BCUT2D eigenvalue weighted by molar-refractivity contribution is 0.420. The number of fused-ring (bicyclic) bond motifs is 18. The van der Waals surface area contributed by atoms with Gasteiger partial charge in [-0.2, -0.15) is 0 Å². The van der Waals surface area contributed by atoms with Gasteiger partial charge < -0.3 is 24.7 Å². The van der Waals surface area contributed by atoms with Gasteiger partial charge in [-0.3, -0.25) is 0 Å². The van der Waals surface area contributed by atoms with E-state index < -0.39 is 5.41 Å². The molecule has 15 rings (SSSR count). The summed E-state index contributed by atoms with van der Waals surface area (Å²) < 4.78 is 7.60. The highest BCUT2D eigenvalue weighted by Crippen LogP contribution is 2.55. The summed E-state index contributed by atoms with van der Waals surface area (Å²) in [6.07, 6.45) is 9.81. The summed E-state index contributed by atoms with van der Waals surface area (Å²) >= 11 is 28.5. The fraction of sp³-hybridized carbons (Fsp3) is 0.169. The number of hydrogen-bond donors (Lipinski definition) is 4. The molecule has 0 amide bonds. The van der Waals surface area contributed by atoms with Crippen molar-refractivity contribution in [1.29, 1.82) is 0 Å². The third-order valence-electron chi connectivity index (χ3n) is 19.1. The molecule has 6 aromatic heterocycles. The zero-order chi connectivity index (χ0) is 62.3. The molecule has 0 unspecified atom stereocenters. The van der Waals surface area contributed by atoms with Gasteiger partial charge in [0.15, 0.2) is 0 Å². The Labute approximate surface area is 542 Å². The Balaban J connectivity index is 0.997. The normalized spacial score (nSPS) is 14.0. The zero-order valence-electron chi connectivity index (χ0n) is 51.5. The number of allylic oxidation sites excluding steroid dienone is 4. The molecule has 0 saturated carbocycles. The first-order valence-corrected chi connectivity index (χ1v) is 32.0. The first kappa shape index (κ1) is 57.5. The van der Waals surface area contributed by atoms with Crippen LogP contribution in [0.1, 0.15) is 134 Å². The van der Waals surface area contributed by atoms with Gasteiger partial charge >= 0.3 is 0 Å². The number of aromatic nitrogens is 8. The minimum Gasteiger partial charge on any atom is -0.456 e. The number of aromatic amines is 4. The molecule has 0 spiro atoms. The van der Waals surface area contributed by atoms with Gasteiger partial charge in [0.1, 0.15) is 11.5 Å². The molecule has 90 heavy (non-hydrogen) atoms. The Morgan fingerprint density at radius 1 is 0.444 bits per heavy atom. The van der Waals surface area contributed by atoms with E-state index in [0.717, 1.165) is 158 Å². The van der Waals surface area contributed by atoms with Gasteiger partial charge in [0, 0.05) is 94.1 Å². The van der Waals surface area contributed by atoms with Crippen LogP contribution in [-0.4, -0.2) is 39.9 Å². The van der Waals surface area contributed by atoms with E-state index in [4.69, 9.17) is 71.1 Å². The highest BCUT2D eigenvalue weighted by molar-refractivity contribution is 6.40. The lowest BCUT2D eigenvalue weighted by Gasteiger charge is -2.36. The zero-order valence-corrected chi connectivity index (χ0v) is 54.5. The van der Waals surface area contributed by atoms with Crippen LogP contribution in [0.2, 0.25) is 20.1 Å². The maximum atomic E-state index is 7.60. The Bertz CT molecular complexity index is 5260. The summed E-state index contributed by atoms with van der Waals surface area (Å²) in [4.78, 5) is 37.1. The predicted molar refractivity (Wildman–Crippen MR) is 378 cm³/mol. The Hall–Kier alpha value is -8.96. The van der Waals surface area contributed by atoms with Crippen molar-refractivity contribution in [2.75, 3.05) is 0 Å². The van der Waals surface area contributed by atoms with Gasteiger partial charge in [-0.15, -0.1) is 0 Å². The highest BCUT2D eigenvalue weighted by Gasteiger charge is 2.37. The monoisotopic (exact) mass is 1250 g/mol. The van der Waals surface area contributed by atoms with E-state index in [1.165, 1.54) is 22.3 Å². The van der Waals surface area contributed by atoms with E-state index in [-0.39, 0.29) is 0 Å². The van der Waals surface area contributed by atoms with E-state index in [1.54, 1.807) is 0 Å². The fourth-order valence-electron chi connectivity index (χ4n) is 14.0. The maximum absolute atomic E-state index is 7.60. The van der Waals surface area contributed by atoms with Crippen molar-refractivity contribution in [3.05, 3.63) is 220 Å². The molecule has 0 atom stereocenters. The number of rotatable bonds is 6. The quantitative estimate of drug-likeness (QED) is 0.132. The van der Waals surface area contributed by atoms with Gasteiger partial charge in [0.2, 0.25) is 0 Å². The lowest BCUT2D eigenvalue weighted by Crippen LogP contribution is -2.24. The van der Waals surface area contributed by atoms with E-state index in [9.17, 15) is 0 Å². The second-order valence-electron chi connectivity index (χ2n) is 24.5. The van der Waals surface area contributed by atoms with Crippen molar-refractivity contribution in [2.24, 2.45) is 0 Å². The SMILES string of the molecule is CCC1=C(C)c2cc3[nH]c(c(C)c3C)c(-c3cccc4c3Oc3cc(-c5c6nc(c(-c7c(Cl)cccc7Cl)c7ccc(cc8nc(c(-c9c(Cl)cccc9Cl)c9ccc5[nH]9)C=C8)[nH]7)C=C6)ccc3C4(C)C)c3nc(cc4[nH]c(cc1n2)c(CC)c4C)C(C)=C3C. The Morgan fingerprint density at radius 2 is 1.03 bits per heavy atom. The lowest BCUT2D eigenvalue weighted by atomic mass is 9.74. The predicted octanol–water partition coefficient (Wildman–Crippen LogP) is 22.8. The molecular weight excluding hydrogens is 1190 g/mol. The minimum atomic E-state index is -0.532. The average molecular weight is 1260 g/mol. The Morgan fingerprint density at radius 3 is 1.72 bits per heavy atom. The van der Waals surface area contributed by atoms with E-state index in [1.807, 2.05) is 72.8 Å². The molecule has 0 aliphatic carbocycles. The van der Waals surface area contributed by atoms with Crippen molar-refractivity contribution in [3.63, 3.8) is 0 Å². The summed E-state index contributed by atoms with van der Waals surface area (Å²) in [7, 11) is 0. The van der Waals surface area contributed by atoms with Crippen LogP contribution in [0.25, 0.3) is 135 Å². The number of halogens is 4. The molecule has 10 aromatic rings. The molecule has 4 aromatic carbocycles. The second kappa shape index (κ2) is 21.6. The van der Waals surface area contributed by atoms with Crippen LogP contribution in [0, 0.1) is 20.8 Å². The number of ether oxygens (including phenoxy) is 1. The van der Waals surface area contributed by atoms with Crippen LogP contribution >= 0.6 is 46.4 Å². The van der Waals surface area contributed by atoms with Gasteiger partial charge in [0.25, 0.3) is 0 Å². The molecule has 13 heteroatoms. The average Bonchev–Trinajstić information content (AvgIpc) is 1.05. The molecule has 0 saturated heterocycles. The van der Waals surface area contributed by atoms with Crippen LogP contribution in [0.5, 0.6) is 11.5 Å². The fourth-order valence-corrected chi connectivity index (χ4v) is 15.2. The van der Waals surface area contributed by atoms with Gasteiger partial charge in [-0.1, -0.05) is 117 Å². The standard InChI is InChI=1S/C77H62Cl4N8O/c1-11-46-41(7)63-34-61-37(3)39(5)74(88-61)69(75-40(6)38(4)62(89-75)35-64-42(8)47(12-2)66(87-64)36-65(46)86-63)48-16-13-17-50-76(48)90-67-32-43(22-25-49(67)77(50,9)10)68-55-28-30-59(84-55)72(70-51(78)18-14-19-52(70)79)57-26-23-44(82-57)33-45-24-27-58(83-45)73(60-31-29-56(68)85-60)71-53(80)20-15-21-54(71)81/h13-36,82,85-86,89H,11-12H2,1-10H3. The number of aryl methyl sites for hydroxylation is 4. The van der Waals surface area contributed by atoms with Gasteiger partial charge in [-0.25, -0.2) is 19.9 Å². The molecule has 4 N–H and O–H groups in total. The largest absolute Gasteiger partial charge is 0.456 e. The number of nitrogens with zero attached hydrogens (tertiary/aromatic N) is 4. The van der Waals surface area contributed by atoms with E-state index >= 15 is 0 Å². The molecule has 444 valence electrons. The summed E-state index contributed by atoms with van der Waals surface area (Å²) in [6.45, 7) is 22.2. The Kier molecular flexibility index (Phi) is 13.8. The molecular formula is C77H62Cl4N8O. The van der Waals surface area contributed by atoms with Crippen molar-refractivity contribution in [2.45, 2.75) is 87.5 Å². The maximum Gasteiger partial charge on any atom is 0.139 e. The summed E-state index contributed by atoms with van der Waals surface area (Å²) in [5.41, 5.74) is 31.1.